The highest BCUT2D eigenvalue weighted by atomic mass is 19.4. The van der Waals surface area contributed by atoms with Crippen molar-refractivity contribution in [1.29, 1.82) is 0 Å². The Bertz CT molecular complexity index is 1410. The number of carbonyl (C=O) groups is 1. The molecule has 0 bridgehead atoms. The summed E-state index contributed by atoms with van der Waals surface area (Å²) in [7, 11) is 2.77. The normalized spacial score (nSPS) is 12.5. The number of alkyl halides is 6. The highest BCUT2D eigenvalue weighted by molar-refractivity contribution is 6.10. The van der Waals surface area contributed by atoms with Crippen LogP contribution in [0, 0.1) is 0 Å². The summed E-state index contributed by atoms with van der Waals surface area (Å²) in [4.78, 5) is 18.0. The van der Waals surface area contributed by atoms with Crippen LogP contribution < -0.4 is 5.73 Å². The van der Waals surface area contributed by atoms with Gasteiger partial charge in [-0.25, -0.2) is 4.98 Å². The standard InChI is InChI=1S/C20H15F6N7O/c1-32(8-9-3-4-15(31-30-9)20(24,25)26)18(34)10-5-11-14(6-13(10)19(21,22)23)29-17(27)12-7-28-33(2)16(11)12/h3-7H,8H2,1-2H3,(H2,27,29). The molecular formula is C20H15F6N7O. The minimum atomic E-state index is -4.90. The van der Waals surface area contributed by atoms with Crippen LogP contribution in [-0.4, -0.2) is 42.8 Å². The molecule has 3 heterocycles. The first-order valence-electron chi connectivity index (χ1n) is 9.54. The Morgan fingerprint density at radius 3 is 2.35 bits per heavy atom. The van der Waals surface area contributed by atoms with Crippen molar-refractivity contribution in [2.75, 3.05) is 12.8 Å². The fourth-order valence-electron chi connectivity index (χ4n) is 3.53. The van der Waals surface area contributed by atoms with Gasteiger partial charge in [0.2, 0.25) is 0 Å². The van der Waals surface area contributed by atoms with Gasteiger partial charge in [0.1, 0.15) is 5.82 Å². The van der Waals surface area contributed by atoms with E-state index in [0.29, 0.717) is 17.0 Å². The molecule has 1 aromatic carbocycles. The molecule has 34 heavy (non-hydrogen) atoms. The Morgan fingerprint density at radius 2 is 1.76 bits per heavy atom. The Labute approximate surface area is 187 Å². The average Bonchev–Trinajstić information content (AvgIpc) is 3.14. The molecule has 2 N–H and O–H groups in total. The number of aromatic nitrogens is 5. The summed E-state index contributed by atoms with van der Waals surface area (Å²) in [6, 6.07) is 3.46. The molecule has 1 amide bonds. The number of nitrogens with two attached hydrogens (primary N) is 1. The summed E-state index contributed by atoms with van der Waals surface area (Å²) in [5, 5.41) is 11.2. The minimum Gasteiger partial charge on any atom is -0.383 e. The van der Waals surface area contributed by atoms with Crippen molar-refractivity contribution in [2.45, 2.75) is 18.9 Å². The van der Waals surface area contributed by atoms with Gasteiger partial charge in [0, 0.05) is 19.5 Å². The van der Waals surface area contributed by atoms with E-state index >= 15 is 0 Å². The van der Waals surface area contributed by atoms with Crippen molar-refractivity contribution < 1.29 is 31.1 Å². The topological polar surface area (TPSA) is 103 Å². The highest BCUT2D eigenvalue weighted by Crippen LogP contribution is 2.37. The second-order valence-corrected chi connectivity index (χ2v) is 7.51. The number of nitrogens with zero attached hydrogens (tertiary/aromatic N) is 6. The van der Waals surface area contributed by atoms with Crippen molar-refractivity contribution in [3.05, 3.63) is 53.0 Å². The number of pyridine rings is 1. The van der Waals surface area contributed by atoms with Gasteiger partial charge in [0.15, 0.2) is 5.69 Å². The van der Waals surface area contributed by atoms with Crippen molar-refractivity contribution in [3.8, 4) is 0 Å². The van der Waals surface area contributed by atoms with Crippen molar-refractivity contribution in [2.24, 2.45) is 7.05 Å². The minimum absolute atomic E-state index is 0.0132. The maximum Gasteiger partial charge on any atom is 0.435 e. The third-order valence-corrected chi connectivity index (χ3v) is 5.14. The third kappa shape index (κ3) is 4.06. The second kappa shape index (κ2) is 7.81. The fourth-order valence-corrected chi connectivity index (χ4v) is 3.53. The molecule has 0 aliphatic heterocycles. The second-order valence-electron chi connectivity index (χ2n) is 7.51. The zero-order valence-electron chi connectivity index (χ0n) is 17.5. The molecule has 0 saturated heterocycles. The number of carbonyl (C=O) groups excluding carboxylic acids is 1. The van der Waals surface area contributed by atoms with E-state index in [9.17, 15) is 31.1 Å². The number of hydrogen-bond acceptors (Lipinski definition) is 6. The van der Waals surface area contributed by atoms with Crippen LogP contribution in [0.3, 0.4) is 0 Å². The predicted octanol–water partition coefficient (Wildman–Crippen LogP) is 3.80. The van der Waals surface area contributed by atoms with Crippen molar-refractivity contribution in [3.63, 3.8) is 0 Å². The number of rotatable bonds is 3. The molecule has 0 saturated carbocycles. The van der Waals surface area contributed by atoms with Crippen molar-refractivity contribution >= 4 is 33.5 Å². The third-order valence-electron chi connectivity index (χ3n) is 5.14. The van der Waals surface area contributed by atoms with Crippen molar-refractivity contribution in [1.82, 2.24) is 29.9 Å². The first kappa shape index (κ1) is 23.2. The molecule has 3 aromatic heterocycles. The Hall–Kier alpha value is -3.97. The van der Waals surface area contributed by atoms with E-state index in [2.05, 4.69) is 20.3 Å². The van der Waals surface area contributed by atoms with Gasteiger partial charge in [-0.15, -0.1) is 5.10 Å². The Balaban J connectivity index is 1.78. The predicted molar refractivity (Wildman–Crippen MR) is 108 cm³/mol. The van der Waals surface area contributed by atoms with Crippen LogP contribution >= 0.6 is 0 Å². The van der Waals surface area contributed by atoms with E-state index in [1.54, 1.807) is 7.05 Å². The smallest absolute Gasteiger partial charge is 0.383 e. The average molecular weight is 483 g/mol. The van der Waals surface area contributed by atoms with Gasteiger partial charge in [-0.05, 0) is 24.3 Å². The molecule has 0 spiro atoms. The van der Waals surface area contributed by atoms with E-state index in [1.165, 1.54) is 17.9 Å². The van der Waals surface area contributed by atoms with Gasteiger partial charge in [0.25, 0.3) is 5.91 Å². The largest absolute Gasteiger partial charge is 0.435 e. The Kier molecular flexibility index (Phi) is 5.33. The van der Waals surface area contributed by atoms with E-state index in [1.807, 2.05) is 0 Å². The summed E-state index contributed by atoms with van der Waals surface area (Å²) in [5.41, 5.74) is 3.00. The van der Waals surface area contributed by atoms with Crippen LogP contribution in [-0.2, 0) is 25.9 Å². The molecule has 8 nitrogen and oxygen atoms in total. The van der Waals surface area contributed by atoms with Crippen LogP contribution in [0.4, 0.5) is 32.2 Å². The first-order chi connectivity index (χ1) is 15.8. The number of amides is 1. The number of fused-ring (bicyclic) bond motifs is 3. The molecule has 0 aliphatic rings. The number of halogens is 6. The van der Waals surface area contributed by atoms with E-state index < -0.39 is 35.1 Å². The lowest BCUT2D eigenvalue weighted by atomic mass is 10.0. The molecule has 4 aromatic rings. The molecule has 178 valence electrons. The number of anilines is 1. The molecule has 14 heteroatoms. The van der Waals surface area contributed by atoms with Crippen LogP contribution in [0.25, 0.3) is 21.8 Å². The quantitative estimate of drug-likeness (QED) is 0.445. The molecular weight excluding hydrogens is 468 g/mol. The van der Waals surface area contributed by atoms with E-state index in [4.69, 9.17) is 5.73 Å². The number of hydrogen-bond donors (Lipinski definition) is 1. The lowest BCUT2D eigenvalue weighted by molar-refractivity contribution is -0.141. The number of nitrogen functional groups attached to an aromatic ring is 1. The zero-order chi connectivity index (χ0) is 25.0. The lowest BCUT2D eigenvalue weighted by Crippen LogP contribution is -2.29. The first-order valence-corrected chi connectivity index (χ1v) is 9.54. The SMILES string of the molecule is CN(Cc1ccc(C(F)(F)F)nn1)C(=O)c1cc2c(cc1C(F)(F)F)nc(N)c1cnn(C)c12. The van der Waals surface area contributed by atoms with Crippen LogP contribution in [0.5, 0.6) is 0 Å². The highest BCUT2D eigenvalue weighted by Gasteiger charge is 2.37. The van der Waals surface area contributed by atoms with Gasteiger partial charge in [-0.2, -0.15) is 36.5 Å². The van der Waals surface area contributed by atoms with Gasteiger partial charge >= 0.3 is 12.4 Å². The summed E-state index contributed by atoms with van der Waals surface area (Å²) < 4.78 is 80.9. The van der Waals surface area contributed by atoms with Crippen LogP contribution in [0.1, 0.15) is 27.3 Å². The molecule has 0 unspecified atom stereocenters. The monoisotopic (exact) mass is 483 g/mol. The van der Waals surface area contributed by atoms with Crippen LogP contribution in [0.15, 0.2) is 30.5 Å². The molecule has 0 radical (unpaired) electrons. The number of aryl methyl sites for hydroxylation is 1. The zero-order valence-corrected chi connectivity index (χ0v) is 17.5. The van der Waals surface area contributed by atoms with Gasteiger partial charge in [0.05, 0.1) is 46.0 Å². The van der Waals surface area contributed by atoms with Gasteiger partial charge < -0.3 is 10.6 Å². The maximum atomic E-state index is 13.8. The van der Waals surface area contributed by atoms with E-state index in [-0.39, 0.29) is 29.0 Å². The number of benzene rings is 1. The summed E-state index contributed by atoms with van der Waals surface area (Å²) in [6.07, 6.45) is -8.19. The Morgan fingerprint density at radius 1 is 1.06 bits per heavy atom. The molecule has 0 atom stereocenters. The maximum absolute atomic E-state index is 13.8. The lowest BCUT2D eigenvalue weighted by Gasteiger charge is -2.20. The molecule has 4 rings (SSSR count). The van der Waals surface area contributed by atoms with Gasteiger partial charge in [-0.3, -0.25) is 9.48 Å². The molecule has 0 aliphatic carbocycles. The summed E-state index contributed by atoms with van der Waals surface area (Å²) in [6.45, 7) is -0.375. The van der Waals surface area contributed by atoms with Crippen LogP contribution in [0.2, 0.25) is 0 Å². The summed E-state index contributed by atoms with van der Waals surface area (Å²) in [5.74, 6) is -1.04. The summed E-state index contributed by atoms with van der Waals surface area (Å²) >= 11 is 0. The molecule has 0 fully saturated rings. The van der Waals surface area contributed by atoms with E-state index in [0.717, 1.165) is 23.1 Å². The van der Waals surface area contributed by atoms with Gasteiger partial charge in [-0.1, -0.05) is 0 Å². The fraction of sp³-hybridized carbons (Fsp3) is 0.250.